The van der Waals surface area contributed by atoms with Crippen LogP contribution in [0.5, 0.6) is 0 Å². The summed E-state index contributed by atoms with van der Waals surface area (Å²) in [6, 6.07) is -0.364. The second kappa shape index (κ2) is 8.34. The summed E-state index contributed by atoms with van der Waals surface area (Å²) >= 11 is 0. The smallest absolute Gasteiger partial charge is 0.249 e. The Hall–Kier alpha value is -2.27. The van der Waals surface area contributed by atoms with Gasteiger partial charge in [-0.1, -0.05) is 24.2 Å². The number of nitrogens with zero attached hydrogens (tertiary/aromatic N) is 4. The predicted octanol–water partition coefficient (Wildman–Crippen LogP) is 2.47. The van der Waals surface area contributed by atoms with Crippen LogP contribution in [0, 0.1) is 25.7 Å². The molecule has 1 aliphatic heterocycles. The van der Waals surface area contributed by atoms with Crippen LogP contribution < -0.4 is 5.32 Å². The highest BCUT2D eigenvalue weighted by molar-refractivity contribution is 7.89. The largest absolute Gasteiger partial charge is 0.360 e. The molecule has 0 bridgehead atoms. The van der Waals surface area contributed by atoms with Crippen LogP contribution in [0.2, 0.25) is 0 Å². The summed E-state index contributed by atoms with van der Waals surface area (Å²) in [6.07, 6.45) is 3.03. The maximum absolute atomic E-state index is 13.0. The van der Waals surface area contributed by atoms with E-state index in [-0.39, 0.29) is 47.5 Å². The zero-order valence-corrected chi connectivity index (χ0v) is 19.1. The van der Waals surface area contributed by atoms with Gasteiger partial charge in [0.25, 0.3) is 0 Å². The molecule has 170 valence electrons. The highest BCUT2D eigenvalue weighted by atomic mass is 32.2. The normalized spacial score (nSPS) is 19.6. The molecule has 2 aromatic rings. The highest BCUT2D eigenvalue weighted by Gasteiger charge is 2.37. The average Bonchev–Trinajstić information content (AvgIpc) is 3.36. The molecule has 1 amide bonds. The molecular weight excluding hydrogens is 422 g/mol. The zero-order valence-electron chi connectivity index (χ0n) is 18.3. The van der Waals surface area contributed by atoms with Gasteiger partial charge in [0.05, 0.1) is 0 Å². The van der Waals surface area contributed by atoms with E-state index in [1.807, 2.05) is 13.8 Å². The standard InChI is InChI=1S/C20H29N5O5S/c1-11(2)16(20-22-18(24-30-20)14-5-6-14)21-19(26)15-7-9-25(10-8-15)31(27,28)17-12(3)23-29-13(17)4/h11,14-16H,5-10H2,1-4H3,(H,21,26). The van der Waals surface area contributed by atoms with E-state index in [2.05, 4.69) is 20.6 Å². The molecule has 2 fully saturated rings. The molecule has 3 heterocycles. The maximum Gasteiger partial charge on any atom is 0.249 e. The van der Waals surface area contributed by atoms with E-state index >= 15 is 0 Å². The second-order valence-electron chi connectivity index (χ2n) is 8.83. The third-order valence-electron chi connectivity index (χ3n) is 6.02. The summed E-state index contributed by atoms with van der Waals surface area (Å²) in [5, 5.41) is 10.8. The molecule has 0 radical (unpaired) electrons. The first-order valence-corrected chi connectivity index (χ1v) is 12.2. The maximum atomic E-state index is 13.0. The Kier molecular flexibility index (Phi) is 5.91. The van der Waals surface area contributed by atoms with Crippen molar-refractivity contribution in [1.82, 2.24) is 24.9 Å². The van der Waals surface area contributed by atoms with Crippen molar-refractivity contribution in [2.75, 3.05) is 13.1 Å². The molecule has 1 saturated heterocycles. The van der Waals surface area contributed by atoms with Gasteiger partial charge >= 0.3 is 0 Å². The third-order valence-corrected chi connectivity index (χ3v) is 8.16. The van der Waals surface area contributed by atoms with Gasteiger partial charge in [-0.05, 0) is 45.4 Å². The van der Waals surface area contributed by atoms with Crippen molar-refractivity contribution in [1.29, 1.82) is 0 Å². The SMILES string of the molecule is Cc1noc(C)c1S(=O)(=O)N1CCC(C(=O)NC(c2nc(C3CC3)no2)C(C)C)CC1. The lowest BCUT2D eigenvalue weighted by molar-refractivity contribution is -0.127. The lowest BCUT2D eigenvalue weighted by atomic mass is 9.95. The quantitative estimate of drug-likeness (QED) is 0.679. The second-order valence-corrected chi connectivity index (χ2v) is 10.7. The van der Waals surface area contributed by atoms with Gasteiger partial charge in [0, 0.05) is 24.9 Å². The fourth-order valence-electron chi connectivity index (χ4n) is 4.00. The molecule has 0 aromatic carbocycles. The van der Waals surface area contributed by atoms with E-state index in [0.29, 0.717) is 36.2 Å². The number of sulfonamides is 1. The summed E-state index contributed by atoms with van der Waals surface area (Å²) in [4.78, 5) is 17.5. The van der Waals surface area contributed by atoms with Gasteiger partial charge in [0.2, 0.25) is 21.8 Å². The van der Waals surface area contributed by atoms with Crippen LogP contribution in [0.3, 0.4) is 0 Å². The summed E-state index contributed by atoms with van der Waals surface area (Å²) in [7, 11) is -3.70. The van der Waals surface area contributed by atoms with Crippen molar-refractivity contribution < 1.29 is 22.3 Å². The minimum Gasteiger partial charge on any atom is -0.360 e. The van der Waals surface area contributed by atoms with Gasteiger partial charge in [-0.3, -0.25) is 4.79 Å². The number of nitrogens with one attached hydrogen (secondary N) is 1. The lowest BCUT2D eigenvalue weighted by Gasteiger charge is -2.31. The van der Waals surface area contributed by atoms with Gasteiger partial charge < -0.3 is 14.4 Å². The van der Waals surface area contributed by atoms with Gasteiger partial charge in [0.1, 0.15) is 16.6 Å². The van der Waals surface area contributed by atoms with Crippen molar-refractivity contribution in [3.63, 3.8) is 0 Å². The third kappa shape index (κ3) is 4.38. The summed E-state index contributed by atoms with van der Waals surface area (Å²) in [5.74, 6) is 1.50. The number of hydrogen-bond donors (Lipinski definition) is 1. The van der Waals surface area contributed by atoms with Crippen molar-refractivity contribution in [2.45, 2.75) is 70.2 Å². The van der Waals surface area contributed by atoms with E-state index in [4.69, 9.17) is 9.05 Å². The fourth-order valence-corrected chi connectivity index (χ4v) is 5.76. The van der Waals surface area contributed by atoms with Gasteiger partial charge in [-0.25, -0.2) is 8.42 Å². The highest BCUT2D eigenvalue weighted by Crippen LogP contribution is 2.39. The molecule has 1 atom stereocenters. The fraction of sp³-hybridized carbons (Fsp3) is 0.700. The lowest BCUT2D eigenvalue weighted by Crippen LogP contribution is -2.44. The molecule has 11 heteroatoms. The Morgan fingerprint density at radius 1 is 1.10 bits per heavy atom. The number of piperidine rings is 1. The molecule has 1 N–H and O–H groups in total. The molecule has 4 rings (SSSR count). The zero-order chi connectivity index (χ0) is 22.3. The van der Waals surface area contributed by atoms with Crippen LogP contribution in [-0.4, -0.2) is 47.0 Å². The van der Waals surface area contributed by atoms with Crippen LogP contribution in [0.4, 0.5) is 0 Å². The Morgan fingerprint density at radius 2 is 1.77 bits per heavy atom. The molecule has 1 saturated carbocycles. The van der Waals surface area contributed by atoms with Gasteiger partial charge in [0.15, 0.2) is 11.6 Å². The summed E-state index contributed by atoms with van der Waals surface area (Å²) in [5.41, 5.74) is 0.349. The van der Waals surface area contributed by atoms with E-state index in [0.717, 1.165) is 12.8 Å². The van der Waals surface area contributed by atoms with Gasteiger partial charge in [-0.15, -0.1) is 0 Å². The number of hydrogen-bond acceptors (Lipinski definition) is 8. The minimum absolute atomic E-state index is 0.0801. The van der Waals surface area contributed by atoms with Crippen molar-refractivity contribution in [2.24, 2.45) is 11.8 Å². The van der Waals surface area contributed by atoms with Crippen molar-refractivity contribution in [3.8, 4) is 0 Å². The van der Waals surface area contributed by atoms with Crippen LogP contribution in [0.25, 0.3) is 0 Å². The predicted molar refractivity (Wildman–Crippen MR) is 109 cm³/mol. The van der Waals surface area contributed by atoms with Crippen molar-refractivity contribution >= 4 is 15.9 Å². The van der Waals surface area contributed by atoms with E-state index in [9.17, 15) is 13.2 Å². The monoisotopic (exact) mass is 451 g/mol. The molecular formula is C20H29N5O5S. The molecule has 2 aromatic heterocycles. The van der Waals surface area contributed by atoms with E-state index in [1.54, 1.807) is 13.8 Å². The van der Waals surface area contributed by atoms with Crippen LogP contribution in [0.1, 0.15) is 74.7 Å². The first-order chi connectivity index (χ1) is 14.7. The van der Waals surface area contributed by atoms with E-state index in [1.165, 1.54) is 4.31 Å². The molecule has 10 nitrogen and oxygen atoms in total. The Bertz CT molecular complexity index is 1030. The average molecular weight is 452 g/mol. The number of carbonyl (C=O) groups is 1. The number of aryl methyl sites for hydroxylation is 2. The van der Waals surface area contributed by atoms with Gasteiger partial charge in [-0.2, -0.15) is 9.29 Å². The summed E-state index contributed by atoms with van der Waals surface area (Å²) in [6.45, 7) is 7.72. The number of rotatable bonds is 7. The molecule has 1 unspecified atom stereocenters. The molecule has 2 aliphatic rings. The minimum atomic E-state index is -3.70. The first-order valence-electron chi connectivity index (χ1n) is 10.8. The number of carbonyl (C=O) groups excluding carboxylic acids is 1. The Morgan fingerprint density at radius 3 is 2.32 bits per heavy atom. The van der Waals surface area contributed by atoms with E-state index < -0.39 is 10.0 Å². The topological polar surface area (TPSA) is 131 Å². The Labute approximate surface area is 181 Å². The molecule has 0 spiro atoms. The number of aromatic nitrogens is 3. The summed E-state index contributed by atoms with van der Waals surface area (Å²) < 4.78 is 37.8. The molecule has 31 heavy (non-hydrogen) atoms. The van der Waals surface area contributed by atoms with Crippen LogP contribution in [-0.2, 0) is 14.8 Å². The molecule has 1 aliphatic carbocycles. The van der Waals surface area contributed by atoms with Crippen molar-refractivity contribution in [3.05, 3.63) is 23.2 Å². The first kappa shape index (κ1) is 21.9. The number of amides is 1. The van der Waals surface area contributed by atoms with Crippen LogP contribution >= 0.6 is 0 Å². The van der Waals surface area contributed by atoms with Crippen LogP contribution in [0.15, 0.2) is 13.9 Å². The Balaban J connectivity index is 1.39.